The second kappa shape index (κ2) is 8.97. The Bertz CT molecular complexity index is 296. The summed E-state index contributed by atoms with van der Waals surface area (Å²) in [5.74, 6) is -3.52. The van der Waals surface area contributed by atoms with Crippen LogP contribution in [0, 0.1) is 0 Å². The number of hydrogen-bond donors (Lipinski definition) is 2. The first-order chi connectivity index (χ1) is 8.52. The van der Waals surface area contributed by atoms with E-state index in [1.165, 1.54) is 0 Å². The van der Waals surface area contributed by atoms with Crippen LogP contribution in [0.2, 0.25) is 0 Å². The molecule has 102 valence electrons. The second-order valence-corrected chi connectivity index (χ2v) is 3.20. The second-order valence-electron chi connectivity index (χ2n) is 3.20. The third-order valence-electron chi connectivity index (χ3n) is 1.92. The molecule has 8 nitrogen and oxygen atoms in total. The molecule has 0 unspecified atom stereocenters. The van der Waals surface area contributed by atoms with Gasteiger partial charge in [-0.1, -0.05) is 0 Å². The van der Waals surface area contributed by atoms with Crippen molar-refractivity contribution >= 4 is 23.8 Å². The van der Waals surface area contributed by atoms with Crippen molar-refractivity contribution in [3.63, 3.8) is 0 Å². The fourth-order valence-corrected chi connectivity index (χ4v) is 0.984. The third-order valence-corrected chi connectivity index (χ3v) is 1.92. The van der Waals surface area contributed by atoms with Gasteiger partial charge in [-0.3, -0.25) is 9.59 Å². The van der Waals surface area contributed by atoms with Gasteiger partial charge >= 0.3 is 23.8 Å². The Morgan fingerprint density at radius 2 is 1.11 bits per heavy atom. The number of hydrogen-bond acceptors (Lipinski definition) is 6. The molecule has 0 heterocycles. The topological polar surface area (TPSA) is 111 Å². The molecule has 0 aromatic heterocycles. The third kappa shape index (κ3) is 6.46. The SMILES string of the molecule is COC(=O)C(=O)NCCCCNC(=O)C(=O)OC. The molecule has 2 amide bonds. The van der Waals surface area contributed by atoms with Crippen molar-refractivity contribution in [1.82, 2.24) is 10.6 Å². The molecule has 0 aliphatic heterocycles. The number of unbranched alkanes of at least 4 members (excludes halogenated alkanes) is 1. The fourth-order valence-electron chi connectivity index (χ4n) is 0.984. The van der Waals surface area contributed by atoms with Crippen LogP contribution in [0.4, 0.5) is 0 Å². The average Bonchev–Trinajstić information content (AvgIpc) is 2.39. The van der Waals surface area contributed by atoms with Crippen molar-refractivity contribution in [3.8, 4) is 0 Å². The maximum Gasteiger partial charge on any atom is 0.396 e. The lowest BCUT2D eigenvalue weighted by Gasteiger charge is -2.04. The Hall–Kier alpha value is -2.12. The number of carbonyl (C=O) groups excluding carboxylic acids is 4. The number of methoxy groups -OCH3 is 2. The van der Waals surface area contributed by atoms with E-state index in [0.29, 0.717) is 12.8 Å². The maximum atomic E-state index is 10.9. The summed E-state index contributed by atoms with van der Waals surface area (Å²) in [5, 5.41) is 4.68. The van der Waals surface area contributed by atoms with Crippen LogP contribution in [-0.4, -0.2) is 51.1 Å². The lowest BCUT2D eigenvalue weighted by atomic mass is 10.3. The molecule has 0 spiro atoms. The molecule has 0 aromatic carbocycles. The first kappa shape index (κ1) is 15.9. The highest BCUT2D eigenvalue weighted by atomic mass is 16.5. The summed E-state index contributed by atoms with van der Waals surface area (Å²) in [7, 11) is 2.23. The molecule has 0 atom stereocenters. The summed E-state index contributed by atoms with van der Waals surface area (Å²) in [4.78, 5) is 43.2. The van der Waals surface area contributed by atoms with Crippen molar-refractivity contribution in [2.45, 2.75) is 12.8 Å². The summed E-state index contributed by atoms with van der Waals surface area (Å²) in [5.41, 5.74) is 0. The lowest BCUT2D eigenvalue weighted by molar-refractivity contribution is -0.152. The number of ether oxygens (including phenoxy) is 2. The van der Waals surface area contributed by atoms with Crippen molar-refractivity contribution in [3.05, 3.63) is 0 Å². The molecule has 0 aliphatic rings. The lowest BCUT2D eigenvalue weighted by Crippen LogP contribution is -2.34. The predicted molar refractivity (Wildman–Crippen MR) is 59.3 cm³/mol. The van der Waals surface area contributed by atoms with E-state index in [4.69, 9.17) is 0 Å². The van der Waals surface area contributed by atoms with Crippen LogP contribution in [0.25, 0.3) is 0 Å². The van der Waals surface area contributed by atoms with Gasteiger partial charge in [0.2, 0.25) is 0 Å². The highest BCUT2D eigenvalue weighted by Crippen LogP contribution is 1.86. The first-order valence-electron chi connectivity index (χ1n) is 5.25. The average molecular weight is 260 g/mol. The van der Waals surface area contributed by atoms with Gasteiger partial charge in [0.25, 0.3) is 0 Å². The van der Waals surface area contributed by atoms with Crippen LogP contribution in [-0.2, 0) is 28.7 Å². The standard InChI is InChI=1S/C10H16N2O6/c1-17-9(15)7(13)11-5-3-4-6-12-8(14)10(16)18-2/h3-6H2,1-2H3,(H,11,13)(H,12,14). The van der Waals surface area contributed by atoms with Crippen molar-refractivity contribution < 1.29 is 28.7 Å². The summed E-state index contributed by atoms with van der Waals surface area (Å²) in [6.07, 6.45) is 1.09. The van der Waals surface area contributed by atoms with E-state index in [9.17, 15) is 19.2 Å². The monoisotopic (exact) mass is 260 g/mol. The molecule has 0 aromatic rings. The van der Waals surface area contributed by atoms with E-state index < -0.39 is 23.8 Å². The molecule has 0 radical (unpaired) electrons. The molecule has 0 rings (SSSR count). The van der Waals surface area contributed by atoms with Gasteiger partial charge in [0, 0.05) is 13.1 Å². The summed E-state index contributed by atoms with van der Waals surface area (Å²) >= 11 is 0. The van der Waals surface area contributed by atoms with E-state index in [2.05, 4.69) is 20.1 Å². The van der Waals surface area contributed by atoms with Gasteiger partial charge < -0.3 is 20.1 Å². The van der Waals surface area contributed by atoms with Crippen LogP contribution < -0.4 is 10.6 Å². The van der Waals surface area contributed by atoms with Gasteiger partial charge in [-0.15, -0.1) is 0 Å². The number of rotatable bonds is 5. The van der Waals surface area contributed by atoms with E-state index in [1.54, 1.807) is 0 Å². The van der Waals surface area contributed by atoms with Crippen LogP contribution in [0.5, 0.6) is 0 Å². The minimum Gasteiger partial charge on any atom is -0.462 e. The van der Waals surface area contributed by atoms with Gasteiger partial charge in [0.15, 0.2) is 0 Å². The van der Waals surface area contributed by atoms with E-state index in [0.717, 1.165) is 14.2 Å². The van der Waals surface area contributed by atoms with Gasteiger partial charge in [0.05, 0.1) is 14.2 Å². The smallest absolute Gasteiger partial charge is 0.396 e. The Morgan fingerprint density at radius 3 is 1.39 bits per heavy atom. The zero-order valence-corrected chi connectivity index (χ0v) is 10.3. The minimum atomic E-state index is -0.950. The largest absolute Gasteiger partial charge is 0.462 e. The predicted octanol–water partition coefficient (Wildman–Crippen LogP) is -1.65. The van der Waals surface area contributed by atoms with E-state index in [1.807, 2.05) is 0 Å². The normalized spacial score (nSPS) is 9.22. The molecule has 0 fully saturated rings. The van der Waals surface area contributed by atoms with Crippen LogP contribution in [0.1, 0.15) is 12.8 Å². The number of amides is 2. The van der Waals surface area contributed by atoms with Crippen LogP contribution in [0.3, 0.4) is 0 Å². The van der Waals surface area contributed by atoms with Crippen LogP contribution >= 0.6 is 0 Å². The Labute approximate surface area is 104 Å². The Balaban J connectivity index is 3.52. The van der Waals surface area contributed by atoms with Crippen molar-refractivity contribution in [1.29, 1.82) is 0 Å². The van der Waals surface area contributed by atoms with Gasteiger partial charge in [-0.05, 0) is 12.8 Å². The van der Waals surface area contributed by atoms with E-state index in [-0.39, 0.29) is 13.1 Å². The molecule has 0 saturated carbocycles. The first-order valence-corrected chi connectivity index (χ1v) is 5.25. The van der Waals surface area contributed by atoms with Gasteiger partial charge in [-0.2, -0.15) is 0 Å². The molecular formula is C10H16N2O6. The summed E-state index contributed by atoms with van der Waals surface area (Å²) in [6.45, 7) is 0.560. The number of esters is 2. The van der Waals surface area contributed by atoms with Gasteiger partial charge in [-0.25, -0.2) is 9.59 Å². The zero-order valence-electron chi connectivity index (χ0n) is 10.3. The molecule has 0 aliphatic carbocycles. The fraction of sp³-hybridized carbons (Fsp3) is 0.600. The summed E-state index contributed by atoms with van der Waals surface area (Å²) in [6, 6.07) is 0. The van der Waals surface area contributed by atoms with Gasteiger partial charge in [0.1, 0.15) is 0 Å². The van der Waals surface area contributed by atoms with Crippen molar-refractivity contribution in [2.24, 2.45) is 0 Å². The maximum absolute atomic E-state index is 10.9. The summed E-state index contributed by atoms with van der Waals surface area (Å²) < 4.78 is 8.40. The number of nitrogens with one attached hydrogen (secondary N) is 2. The zero-order chi connectivity index (χ0) is 14.0. The molecule has 18 heavy (non-hydrogen) atoms. The van der Waals surface area contributed by atoms with Crippen molar-refractivity contribution in [2.75, 3.05) is 27.3 Å². The molecule has 2 N–H and O–H groups in total. The number of carbonyl (C=O) groups is 4. The molecule has 0 bridgehead atoms. The highest BCUT2D eigenvalue weighted by molar-refractivity contribution is 6.32. The Morgan fingerprint density at radius 1 is 0.778 bits per heavy atom. The minimum absolute atomic E-state index is 0.280. The molecule has 8 heteroatoms. The molecule has 0 saturated heterocycles. The molecular weight excluding hydrogens is 244 g/mol. The van der Waals surface area contributed by atoms with E-state index >= 15 is 0 Å². The Kier molecular flexibility index (Phi) is 7.91. The van der Waals surface area contributed by atoms with Crippen LogP contribution in [0.15, 0.2) is 0 Å². The highest BCUT2D eigenvalue weighted by Gasteiger charge is 2.13. The quantitative estimate of drug-likeness (QED) is 0.348.